The zero-order valence-electron chi connectivity index (χ0n) is 12.5. The first-order valence-corrected chi connectivity index (χ1v) is 7.79. The van der Waals surface area contributed by atoms with Crippen LogP contribution in [0.4, 0.5) is 0 Å². The zero-order valence-corrected chi connectivity index (χ0v) is 12.5. The van der Waals surface area contributed by atoms with E-state index in [2.05, 4.69) is 12.2 Å². The molecule has 5 nitrogen and oxygen atoms in total. The van der Waals surface area contributed by atoms with E-state index in [4.69, 9.17) is 5.11 Å². The molecule has 2 saturated heterocycles. The Morgan fingerprint density at radius 3 is 2.70 bits per heavy atom. The Kier molecular flexibility index (Phi) is 4.68. The van der Waals surface area contributed by atoms with Crippen LogP contribution in [0.15, 0.2) is 0 Å². The van der Waals surface area contributed by atoms with Crippen molar-refractivity contribution >= 4 is 11.9 Å². The molecule has 1 amide bonds. The SMILES string of the molecule is CCCC1(C(=O)N2CCC(C(=O)O)CC2C)CCCN1. The summed E-state index contributed by atoms with van der Waals surface area (Å²) in [5, 5.41) is 12.5. The summed E-state index contributed by atoms with van der Waals surface area (Å²) in [6.07, 6.45) is 4.96. The number of nitrogens with one attached hydrogen (secondary N) is 1. The quantitative estimate of drug-likeness (QED) is 0.822. The van der Waals surface area contributed by atoms with Crippen molar-refractivity contribution in [3.05, 3.63) is 0 Å². The highest BCUT2D eigenvalue weighted by Gasteiger charge is 2.45. The molecule has 3 atom stereocenters. The largest absolute Gasteiger partial charge is 0.481 e. The molecule has 0 bridgehead atoms. The molecule has 2 aliphatic heterocycles. The van der Waals surface area contributed by atoms with Crippen molar-refractivity contribution in [2.45, 2.75) is 64.0 Å². The number of hydrogen-bond acceptors (Lipinski definition) is 3. The molecule has 3 unspecified atom stereocenters. The average molecular weight is 282 g/mol. The van der Waals surface area contributed by atoms with E-state index in [0.29, 0.717) is 19.4 Å². The van der Waals surface area contributed by atoms with Crippen LogP contribution < -0.4 is 5.32 Å². The fourth-order valence-corrected chi connectivity index (χ4v) is 3.71. The van der Waals surface area contributed by atoms with Crippen LogP contribution in [0, 0.1) is 5.92 Å². The molecule has 0 aromatic rings. The van der Waals surface area contributed by atoms with Crippen LogP contribution in [-0.4, -0.2) is 46.6 Å². The molecule has 0 aromatic heterocycles. The van der Waals surface area contributed by atoms with Crippen LogP contribution in [-0.2, 0) is 9.59 Å². The van der Waals surface area contributed by atoms with Gasteiger partial charge in [-0.1, -0.05) is 13.3 Å². The Bertz CT molecular complexity index is 377. The maximum absolute atomic E-state index is 12.9. The topological polar surface area (TPSA) is 69.6 Å². The van der Waals surface area contributed by atoms with Crippen LogP contribution in [0.1, 0.15) is 52.4 Å². The fraction of sp³-hybridized carbons (Fsp3) is 0.867. The van der Waals surface area contributed by atoms with Gasteiger partial charge in [0.15, 0.2) is 0 Å². The van der Waals surface area contributed by atoms with Crippen molar-refractivity contribution < 1.29 is 14.7 Å². The lowest BCUT2D eigenvalue weighted by atomic mass is 9.86. The molecule has 2 heterocycles. The molecule has 0 aliphatic carbocycles. The van der Waals surface area contributed by atoms with Crippen molar-refractivity contribution in [3.63, 3.8) is 0 Å². The number of likely N-dealkylation sites (tertiary alicyclic amines) is 1. The lowest BCUT2D eigenvalue weighted by Crippen LogP contribution is -2.59. The van der Waals surface area contributed by atoms with Crippen molar-refractivity contribution in [3.8, 4) is 0 Å². The summed E-state index contributed by atoms with van der Waals surface area (Å²) in [5.41, 5.74) is -0.390. The van der Waals surface area contributed by atoms with Gasteiger partial charge in [-0.05, 0) is 45.6 Å². The highest BCUT2D eigenvalue weighted by Crippen LogP contribution is 2.31. The molecule has 2 fully saturated rings. The lowest BCUT2D eigenvalue weighted by Gasteiger charge is -2.41. The Balaban J connectivity index is 2.07. The number of hydrogen-bond donors (Lipinski definition) is 2. The Labute approximate surface area is 120 Å². The summed E-state index contributed by atoms with van der Waals surface area (Å²) in [6, 6.07) is 0.0217. The number of carboxylic acids is 1. The highest BCUT2D eigenvalue weighted by atomic mass is 16.4. The van der Waals surface area contributed by atoms with Crippen molar-refractivity contribution in [1.82, 2.24) is 10.2 Å². The van der Waals surface area contributed by atoms with E-state index in [-0.39, 0.29) is 23.4 Å². The predicted molar refractivity (Wildman–Crippen MR) is 76.4 cm³/mol. The van der Waals surface area contributed by atoms with Crippen LogP contribution in [0.25, 0.3) is 0 Å². The molecule has 2 rings (SSSR count). The summed E-state index contributed by atoms with van der Waals surface area (Å²) >= 11 is 0. The van der Waals surface area contributed by atoms with Crippen LogP contribution in [0.3, 0.4) is 0 Å². The Morgan fingerprint density at radius 2 is 2.20 bits per heavy atom. The molecule has 20 heavy (non-hydrogen) atoms. The highest BCUT2D eigenvalue weighted by molar-refractivity contribution is 5.87. The van der Waals surface area contributed by atoms with Gasteiger partial charge in [0.1, 0.15) is 0 Å². The summed E-state index contributed by atoms with van der Waals surface area (Å²) in [4.78, 5) is 25.9. The van der Waals surface area contributed by atoms with Gasteiger partial charge in [-0.2, -0.15) is 0 Å². The number of carbonyl (C=O) groups is 2. The molecule has 0 saturated carbocycles. The standard InChI is InChI=1S/C15H26N2O3/c1-3-6-15(7-4-8-16-15)14(20)17-9-5-12(13(18)19)10-11(17)2/h11-12,16H,3-10H2,1-2H3,(H,18,19). The van der Waals surface area contributed by atoms with Gasteiger partial charge >= 0.3 is 5.97 Å². The minimum absolute atomic E-state index is 0.0217. The zero-order chi connectivity index (χ0) is 14.8. The molecule has 5 heteroatoms. The minimum Gasteiger partial charge on any atom is -0.481 e. The number of piperidine rings is 1. The third-order valence-corrected chi connectivity index (χ3v) is 4.82. The number of carboxylic acid groups (broad SMARTS) is 1. The third-order valence-electron chi connectivity index (χ3n) is 4.82. The molecular weight excluding hydrogens is 256 g/mol. The number of aliphatic carboxylic acids is 1. The minimum atomic E-state index is -0.730. The second-order valence-electron chi connectivity index (χ2n) is 6.27. The van der Waals surface area contributed by atoms with E-state index < -0.39 is 5.97 Å². The van der Waals surface area contributed by atoms with E-state index in [1.54, 1.807) is 0 Å². The molecule has 0 spiro atoms. The first kappa shape index (κ1) is 15.3. The molecule has 2 aliphatic rings. The maximum atomic E-state index is 12.9. The third kappa shape index (κ3) is 2.82. The van der Waals surface area contributed by atoms with Gasteiger partial charge in [-0.15, -0.1) is 0 Å². The predicted octanol–water partition coefficient (Wildman–Crippen LogP) is 1.62. The molecule has 2 N–H and O–H groups in total. The second kappa shape index (κ2) is 6.12. The summed E-state index contributed by atoms with van der Waals surface area (Å²) < 4.78 is 0. The van der Waals surface area contributed by atoms with Gasteiger partial charge in [0.05, 0.1) is 11.5 Å². The Hall–Kier alpha value is -1.10. The van der Waals surface area contributed by atoms with E-state index >= 15 is 0 Å². The number of amides is 1. The van der Waals surface area contributed by atoms with E-state index in [9.17, 15) is 9.59 Å². The van der Waals surface area contributed by atoms with Gasteiger partial charge in [-0.3, -0.25) is 9.59 Å². The lowest BCUT2D eigenvalue weighted by molar-refractivity contribution is -0.150. The van der Waals surface area contributed by atoms with Crippen LogP contribution in [0.5, 0.6) is 0 Å². The number of carbonyl (C=O) groups excluding carboxylic acids is 1. The number of nitrogens with zero attached hydrogens (tertiary/aromatic N) is 1. The number of rotatable bonds is 4. The first-order valence-electron chi connectivity index (χ1n) is 7.79. The van der Waals surface area contributed by atoms with Gasteiger partial charge < -0.3 is 15.3 Å². The monoisotopic (exact) mass is 282 g/mol. The van der Waals surface area contributed by atoms with Crippen molar-refractivity contribution in [2.24, 2.45) is 5.92 Å². The van der Waals surface area contributed by atoms with Crippen LogP contribution in [0.2, 0.25) is 0 Å². The van der Waals surface area contributed by atoms with Crippen molar-refractivity contribution in [1.29, 1.82) is 0 Å². The van der Waals surface area contributed by atoms with Crippen molar-refractivity contribution in [2.75, 3.05) is 13.1 Å². The Morgan fingerprint density at radius 1 is 1.45 bits per heavy atom. The van der Waals surface area contributed by atoms with E-state index in [1.165, 1.54) is 0 Å². The fourth-order valence-electron chi connectivity index (χ4n) is 3.71. The average Bonchev–Trinajstić information content (AvgIpc) is 2.88. The smallest absolute Gasteiger partial charge is 0.306 e. The molecule has 0 aromatic carbocycles. The summed E-state index contributed by atoms with van der Waals surface area (Å²) in [5.74, 6) is -0.841. The molecule has 0 radical (unpaired) electrons. The van der Waals surface area contributed by atoms with E-state index in [1.807, 2.05) is 11.8 Å². The molecular formula is C15H26N2O3. The van der Waals surface area contributed by atoms with Gasteiger partial charge in [0.2, 0.25) is 5.91 Å². The van der Waals surface area contributed by atoms with Gasteiger partial charge in [-0.25, -0.2) is 0 Å². The summed E-state index contributed by atoms with van der Waals surface area (Å²) in [7, 11) is 0. The van der Waals surface area contributed by atoms with E-state index in [0.717, 1.165) is 32.2 Å². The molecule has 114 valence electrons. The summed E-state index contributed by atoms with van der Waals surface area (Å²) in [6.45, 7) is 5.56. The van der Waals surface area contributed by atoms with Gasteiger partial charge in [0.25, 0.3) is 0 Å². The maximum Gasteiger partial charge on any atom is 0.306 e. The van der Waals surface area contributed by atoms with Gasteiger partial charge in [0, 0.05) is 12.6 Å². The normalized spacial score (nSPS) is 34.2. The second-order valence-corrected chi connectivity index (χ2v) is 6.27. The van der Waals surface area contributed by atoms with Crippen LogP contribution >= 0.6 is 0 Å². The first-order chi connectivity index (χ1) is 9.50.